The van der Waals surface area contributed by atoms with Crippen molar-refractivity contribution in [3.63, 3.8) is 0 Å². The Labute approximate surface area is 167 Å². The highest BCUT2D eigenvalue weighted by Gasteiger charge is 2.20. The van der Waals surface area contributed by atoms with Gasteiger partial charge in [0, 0.05) is 10.8 Å². The number of hydrogen-bond acceptors (Lipinski definition) is 3. The van der Waals surface area contributed by atoms with Crippen LogP contribution in [-0.2, 0) is 12.2 Å². The number of rotatable bonds is 4. The number of nitrogens with zero attached hydrogens (tertiary/aromatic N) is 3. The van der Waals surface area contributed by atoms with Crippen molar-refractivity contribution in [2.24, 2.45) is 0 Å². The fourth-order valence-electron chi connectivity index (χ4n) is 3.45. The van der Waals surface area contributed by atoms with Crippen LogP contribution in [0.2, 0.25) is 5.02 Å². The van der Waals surface area contributed by atoms with E-state index in [9.17, 15) is 5.26 Å². The fraction of sp³-hybridized carbons (Fsp3) is 0.182. The molecule has 0 atom stereocenters. The number of benzene rings is 2. The highest BCUT2D eigenvalue weighted by atomic mass is 35.5. The van der Waals surface area contributed by atoms with Crippen molar-refractivity contribution in [3.8, 4) is 6.07 Å². The number of imidazole rings is 1. The molecule has 0 N–H and O–H groups in total. The fourth-order valence-corrected chi connectivity index (χ4v) is 4.85. The molecule has 0 saturated heterocycles. The highest BCUT2D eigenvalue weighted by Crippen LogP contribution is 2.35. The molecule has 0 fully saturated rings. The summed E-state index contributed by atoms with van der Waals surface area (Å²) in [5.41, 5.74) is 6.81. The van der Waals surface area contributed by atoms with E-state index in [1.807, 2.05) is 37.3 Å². The third-order valence-electron chi connectivity index (χ3n) is 4.83. The molecule has 0 bridgehead atoms. The lowest BCUT2D eigenvalue weighted by Crippen LogP contribution is -2.04. The van der Waals surface area contributed by atoms with Crippen LogP contribution in [0.5, 0.6) is 0 Å². The number of halogens is 1. The smallest absolute Gasteiger partial charge is 0.157 e. The number of hydrogen-bond donors (Lipinski definition) is 0. The maximum Gasteiger partial charge on any atom is 0.157 e. The Hall–Kier alpha value is -2.48. The number of para-hydroxylation sites is 2. The lowest BCUT2D eigenvalue weighted by molar-refractivity contribution is 0.936. The van der Waals surface area contributed by atoms with Crippen molar-refractivity contribution in [3.05, 3.63) is 75.8 Å². The summed E-state index contributed by atoms with van der Waals surface area (Å²) in [5, 5.41) is 11.7. The van der Waals surface area contributed by atoms with Gasteiger partial charge in [-0.2, -0.15) is 5.26 Å². The van der Waals surface area contributed by atoms with Crippen molar-refractivity contribution in [2.75, 3.05) is 0 Å². The average Bonchev–Trinajstić information content (AvgIpc) is 3.06. The molecule has 0 aliphatic rings. The summed E-state index contributed by atoms with van der Waals surface area (Å²) in [7, 11) is 0. The number of aromatic nitrogens is 2. The monoisotopic (exact) mass is 391 g/mol. The van der Waals surface area contributed by atoms with E-state index in [0.717, 1.165) is 44.5 Å². The standard InChI is InChI=1S/C22H18ClN3S/c1-3-17-14(2)18(12-24)21-25-19-6-4-5-7-20(19)26(21)22(17)27-13-15-8-10-16(23)11-9-15/h4-11H,3,13H2,1-2H3. The predicted molar refractivity (Wildman–Crippen MR) is 113 cm³/mol. The lowest BCUT2D eigenvalue weighted by Gasteiger charge is -2.16. The minimum Gasteiger partial charge on any atom is -0.286 e. The first kappa shape index (κ1) is 17.9. The van der Waals surface area contributed by atoms with Crippen LogP contribution in [0.4, 0.5) is 0 Å². The van der Waals surface area contributed by atoms with Crippen molar-refractivity contribution < 1.29 is 0 Å². The van der Waals surface area contributed by atoms with E-state index in [2.05, 4.69) is 35.6 Å². The molecule has 2 aromatic heterocycles. The van der Waals surface area contributed by atoms with Gasteiger partial charge < -0.3 is 0 Å². The van der Waals surface area contributed by atoms with E-state index in [1.165, 1.54) is 11.1 Å². The van der Waals surface area contributed by atoms with Gasteiger partial charge in [0.15, 0.2) is 5.65 Å². The Morgan fingerprint density at radius 1 is 1.15 bits per heavy atom. The van der Waals surface area contributed by atoms with E-state index in [0.29, 0.717) is 5.56 Å². The van der Waals surface area contributed by atoms with Gasteiger partial charge >= 0.3 is 0 Å². The van der Waals surface area contributed by atoms with Crippen LogP contribution in [0.3, 0.4) is 0 Å². The van der Waals surface area contributed by atoms with Gasteiger partial charge in [-0.15, -0.1) is 11.8 Å². The Morgan fingerprint density at radius 3 is 2.59 bits per heavy atom. The summed E-state index contributed by atoms with van der Waals surface area (Å²) in [5.74, 6) is 0.830. The zero-order valence-electron chi connectivity index (χ0n) is 15.2. The first-order chi connectivity index (χ1) is 13.1. The molecule has 0 unspecified atom stereocenters. The lowest BCUT2D eigenvalue weighted by atomic mass is 10.0. The maximum absolute atomic E-state index is 9.76. The summed E-state index contributed by atoms with van der Waals surface area (Å²) in [6, 6.07) is 18.4. The van der Waals surface area contributed by atoms with Crippen molar-refractivity contribution in [1.29, 1.82) is 5.26 Å². The normalized spacial score (nSPS) is 11.2. The van der Waals surface area contributed by atoms with Gasteiger partial charge in [-0.1, -0.05) is 42.8 Å². The Bertz CT molecular complexity index is 1190. The van der Waals surface area contributed by atoms with Crippen molar-refractivity contribution in [2.45, 2.75) is 31.0 Å². The van der Waals surface area contributed by atoms with Crippen molar-refractivity contribution >= 4 is 40.0 Å². The Balaban J connectivity index is 1.94. The largest absolute Gasteiger partial charge is 0.286 e. The zero-order chi connectivity index (χ0) is 19.0. The number of nitriles is 1. The van der Waals surface area contributed by atoms with Gasteiger partial charge in [-0.3, -0.25) is 4.40 Å². The summed E-state index contributed by atoms with van der Waals surface area (Å²) < 4.78 is 2.15. The van der Waals surface area contributed by atoms with Gasteiger partial charge in [0.2, 0.25) is 0 Å². The predicted octanol–water partition coefficient (Wildman–Crippen LogP) is 6.18. The quantitative estimate of drug-likeness (QED) is 0.390. The maximum atomic E-state index is 9.76. The molecule has 0 aliphatic heterocycles. The summed E-state index contributed by atoms with van der Waals surface area (Å²) >= 11 is 7.79. The molecule has 0 aliphatic carbocycles. The Kier molecular flexibility index (Phi) is 4.82. The van der Waals surface area contributed by atoms with Gasteiger partial charge in [0.05, 0.1) is 21.6 Å². The van der Waals surface area contributed by atoms with Gasteiger partial charge in [0.25, 0.3) is 0 Å². The number of fused-ring (bicyclic) bond motifs is 3. The highest BCUT2D eigenvalue weighted by molar-refractivity contribution is 7.98. The van der Waals surface area contributed by atoms with E-state index < -0.39 is 0 Å². The summed E-state index contributed by atoms with van der Waals surface area (Å²) in [6.45, 7) is 4.17. The second kappa shape index (κ2) is 7.26. The molecule has 0 spiro atoms. The molecule has 4 aromatic rings. The summed E-state index contributed by atoms with van der Waals surface area (Å²) in [6.07, 6.45) is 0.867. The van der Waals surface area contributed by atoms with E-state index in [4.69, 9.17) is 16.6 Å². The van der Waals surface area contributed by atoms with Crippen LogP contribution in [0.1, 0.15) is 29.2 Å². The van der Waals surface area contributed by atoms with Crippen LogP contribution in [0.15, 0.2) is 53.6 Å². The molecule has 3 nitrogen and oxygen atoms in total. The first-order valence-electron chi connectivity index (χ1n) is 8.84. The van der Waals surface area contributed by atoms with E-state index >= 15 is 0 Å². The van der Waals surface area contributed by atoms with Gasteiger partial charge in [0.1, 0.15) is 6.07 Å². The number of thioether (sulfide) groups is 1. The van der Waals surface area contributed by atoms with Crippen LogP contribution in [0, 0.1) is 18.3 Å². The summed E-state index contributed by atoms with van der Waals surface area (Å²) in [4.78, 5) is 4.76. The minimum atomic E-state index is 0.666. The van der Waals surface area contributed by atoms with E-state index in [-0.39, 0.29) is 0 Å². The van der Waals surface area contributed by atoms with Crippen LogP contribution >= 0.6 is 23.4 Å². The van der Waals surface area contributed by atoms with E-state index in [1.54, 1.807) is 11.8 Å². The molecule has 2 aromatic carbocycles. The SMILES string of the molecule is CCc1c(C)c(C#N)c2nc3ccccc3n2c1SCc1ccc(Cl)cc1. The van der Waals surface area contributed by atoms with Crippen LogP contribution < -0.4 is 0 Å². The molecular formula is C22H18ClN3S. The second-order valence-corrected chi connectivity index (χ2v) is 7.82. The van der Waals surface area contributed by atoms with Gasteiger partial charge in [-0.05, 0) is 54.3 Å². The molecule has 134 valence electrons. The topological polar surface area (TPSA) is 41.1 Å². The molecule has 0 saturated carbocycles. The third-order valence-corrected chi connectivity index (χ3v) is 6.26. The molecule has 2 heterocycles. The molecule has 4 rings (SSSR count). The van der Waals surface area contributed by atoms with Crippen molar-refractivity contribution in [1.82, 2.24) is 9.38 Å². The van der Waals surface area contributed by atoms with Crippen LogP contribution in [-0.4, -0.2) is 9.38 Å². The first-order valence-corrected chi connectivity index (χ1v) is 10.2. The third kappa shape index (κ3) is 3.07. The second-order valence-electron chi connectivity index (χ2n) is 6.42. The number of pyridine rings is 1. The zero-order valence-corrected chi connectivity index (χ0v) is 16.7. The Morgan fingerprint density at radius 2 is 1.89 bits per heavy atom. The molecular weight excluding hydrogens is 374 g/mol. The molecule has 0 radical (unpaired) electrons. The average molecular weight is 392 g/mol. The van der Waals surface area contributed by atoms with Crippen LogP contribution in [0.25, 0.3) is 16.7 Å². The minimum absolute atomic E-state index is 0.666. The molecule has 27 heavy (non-hydrogen) atoms. The van der Waals surface area contributed by atoms with Gasteiger partial charge in [-0.25, -0.2) is 4.98 Å². The molecule has 5 heteroatoms. The molecule has 0 amide bonds.